The van der Waals surface area contributed by atoms with E-state index in [-0.39, 0.29) is 17.1 Å². The van der Waals surface area contributed by atoms with Crippen molar-refractivity contribution in [2.75, 3.05) is 16.8 Å². The average molecular weight is 627 g/mol. The first-order chi connectivity index (χ1) is 20.5. The van der Waals surface area contributed by atoms with Gasteiger partial charge in [0.15, 0.2) is 5.11 Å². The van der Waals surface area contributed by atoms with Crippen LogP contribution in [0.3, 0.4) is 0 Å². The van der Waals surface area contributed by atoms with Gasteiger partial charge in [0.1, 0.15) is 0 Å². The second-order valence-electron chi connectivity index (χ2n) is 9.84. The highest BCUT2D eigenvalue weighted by molar-refractivity contribution is 7.80. The summed E-state index contributed by atoms with van der Waals surface area (Å²) in [7, 11) is -0.648. The van der Waals surface area contributed by atoms with Crippen LogP contribution in [-0.2, 0) is 12.4 Å². The third-order valence-electron chi connectivity index (χ3n) is 6.80. The molecule has 0 saturated heterocycles. The van der Waals surface area contributed by atoms with Crippen molar-refractivity contribution in [2.45, 2.75) is 18.3 Å². The van der Waals surface area contributed by atoms with Gasteiger partial charge in [0, 0.05) is 23.5 Å². The summed E-state index contributed by atoms with van der Waals surface area (Å²) in [5, 5.41) is 7.85. The highest BCUT2D eigenvalue weighted by atomic mass is 32.1. The van der Waals surface area contributed by atoms with E-state index in [0.717, 1.165) is 11.7 Å². The molecule has 0 amide bonds. The number of allylic oxidation sites excluding steroid dienone is 4. The lowest BCUT2D eigenvalue weighted by Crippen LogP contribution is -2.21. The van der Waals surface area contributed by atoms with Crippen LogP contribution in [-0.4, -0.2) is 11.3 Å². The number of halogens is 6. The molecule has 0 spiro atoms. The second-order valence-corrected chi connectivity index (χ2v) is 12.5. The Kier molecular flexibility index (Phi) is 9.04. The molecule has 1 unspecified atom stereocenters. The van der Waals surface area contributed by atoms with E-state index in [4.69, 9.17) is 12.2 Å². The van der Waals surface area contributed by atoms with Crippen LogP contribution in [0.4, 0.5) is 37.7 Å². The smallest absolute Gasteiger partial charge is 0.332 e. The largest absolute Gasteiger partial charge is 0.416 e. The zero-order valence-electron chi connectivity index (χ0n) is 22.5. The Labute approximate surface area is 251 Å². The van der Waals surface area contributed by atoms with Crippen LogP contribution in [0.25, 0.3) is 0 Å². The molecule has 0 aromatic heterocycles. The maximum absolute atomic E-state index is 13.3. The molecular weight excluding hydrogens is 601 g/mol. The van der Waals surface area contributed by atoms with E-state index in [1.54, 1.807) is 12.1 Å². The van der Waals surface area contributed by atoms with Crippen molar-refractivity contribution in [2.24, 2.45) is 0 Å². The maximum atomic E-state index is 13.3. The Morgan fingerprint density at radius 3 is 1.79 bits per heavy atom. The number of rotatable bonds is 7. The molecule has 220 valence electrons. The zero-order valence-corrected chi connectivity index (χ0v) is 24.2. The number of nitrogens with one attached hydrogen (secondary N) is 2. The molecule has 43 heavy (non-hydrogen) atoms. The van der Waals surface area contributed by atoms with Crippen LogP contribution in [0.2, 0.25) is 0 Å². The number of thiocarbonyl (C=S) groups is 1. The van der Waals surface area contributed by atoms with Crippen LogP contribution in [0.5, 0.6) is 0 Å². The van der Waals surface area contributed by atoms with Crippen molar-refractivity contribution in [3.8, 4) is 0 Å². The van der Waals surface area contributed by atoms with E-state index in [1.807, 2.05) is 48.5 Å². The Hall–Kier alpha value is -3.94. The summed E-state index contributed by atoms with van der Waals surface area (Å²) >= 11 is 5.30. The van der Waals surface area contributed by atoms with Crippen molar-refractivity contribution in [3.05, 3.63) is 144 Å². The highest BCUT2D eigenvalue weighted by Gasteiger charge is 2.37. The molecule has 10 heteroatoms. The molecule has 5 rings (SSSR count). The van der Waals surface area contributed by atoms with E-state index in [1.165, 1.54) is 16.2 Å². The van der Waals surface area contributed by atoms with Gasteiger partial charge in [0.05, 0.1) is 11.1 Å². The first-order valence-electron chi connectivity index (χ1n) is 13.2. The summed E-state index contributed by atoms with van der Waals surface area (Å²) in [6.07, 6.45) is -2.75. The molecule has 0 aliphatic heterocycles. The van der Waals surface area contributed by atoms with E-state index in [9.17, 15) is 26.3 Å². The summed E-state index contributed by atoms with van der Waals surface area (Å²) in [6, 6.07) is 29.3. The summed E-state index contributed by atoms with van der Waals surface area (Å²) in [5.74, 6) is -0.102. The molecule has 0 saturated carbocycles. The molecule has 4 aromatic rings. The number of anilines is 2. The highest BCUT2D eigenvalue weighted by Crippen LogP contribution is 2.41. The van der Waals surface area contributed by atoms with Crippen LogP contribution in [0.15, 0.2) is 127 Å². The van der Waals surface area contributed by atoms with Gasteiger partial charge < -0.3 is 10.6 Å². The molecular formula is C33H25F6N2PS. The van der Waals surface area contributed by atoms with Crippen LogP contribution in [0.1, 0.15) is 22.6 Å². The molecule has 2 N–H and O–H groups in total. The Morgan fingerprint density at radius 1 is 0.698 bits per heavy atom. The van der Waals surface area contributed by atoms with Crippen LogP contribution < -0.4 is 21.2 Å². The molecule has 0 bridgehead atoms. The lowest BCUT2D eigenvalue weighted by atomic mass is 9.98. The van der Waals surface area contributed by atoms with Crippen molar-refractivity contribution >= 4 is 47.2 Å². The number of para-hydroxylation sites is 1. The summed E-state index contributed by atoms with van der Waals surface area (Å²) < 4.78 is 79.8. The number of hydrogen-bond donors (Lipinski definition) is 2. The van der Waals surface area contributed by atoms with Gasteiger partial charge in [-0.05, 0) is 66.2 Å². The Morgan fingerprint density at radius 2 is 1.23 bits per heavy atom. The van der Waals surface area contributed by atoms with Gasteiger partial charge >= 0.3 is 12.4 Å². The second kappa shape index (κ2) is 12.7. The molecule has 4 aromatic carbocycles. The first kappa shape index (κ1) is 30.5. The van der Waals surface area contributed by atoms with E-state index in [0.29, 0.717) is 17.8 Å². The molecule has 1 aliphatic rings. The maximum Gasteiger partial charge on any atom is 0.416 e. The van der Waals surface area contributed by atoms with E-state index in [2.05, 4.69) is 53.1 Å². The first-order valence-corrected chi connectivity index (χ1v) is 15.1. The topological polar surface area (TPSA) is 24.1 Å². The van der Waals surface area contributed by atoms with E-state index >= 15 is 0 Å². The van der Waals surface area contributed by atoms with E-state index < -0.39 is 37.1 Å². The SMILES string of the molecule is FC(F)(F)c1cc(NC(=S)Nc2ccccc2C2C=CC(CP(c3ccccc3)c3ccccc3)=C2)cc(C(F)(F)F)c1. The zero-order chi connectivity index (χ0) is 30.6. The lowest BCUT2D eigenvalue weighted by Gasteiger charge is -2.19. The van der Waals surface area contributed by atoms with Gasteiger partial charge in [-0.2, -0.15) is 26.3 Å². The fraction of sp³-hybridized carbons (Fsp3) is 0.121. The predicted molar refractivity (Wildman–Crippen MR) is 167 cm³/mol. The fourth-order valence-corrected chi connectivity index (χ4v) is 7.34. The normalized spacial score (nSPS) is 15.0. The van der Waals surface area contributed by atoms with Crippen molar-refractivity contribution in [3.63, 3.8) is 0 Å². The van der Waals surface area contributed by atoms with Gasteiger partial charge in [-0.15, -0.1) is 0 Å². The summed E-state index contributed by atoms with van der Waals surface area (Å²) in [4.78, 5) is 0. The molecule has 0 fully saturated rings. The van der Waals surface area contributed by atoms with Gasteiger partial charge in [-0.1, -0.05) is 97.1 Å². The number of benzene rings is 4. The Bertz CT molecular complexity index is 1580. The molecule has 1 aliphatic carbocycles. The Balaban J connectivity index is 1.35. The molecule has 0 radical (unpaired) electrons. The van der Waals surface area contributed by atoms with Gasteiger partial charge in [-0.25, -0.2) is 0 Å². The van der Waals surface area contributed by atoms with Crippen molar-refractivity contribution < 1.29 is 26.3 Å². The standard InChI is InChI=1S/C33H25F6N2PS/c34-32(35,36)24-18-25(33(37,38)39)20-26(19-24)40-31(43)41-30-14-8-7-13-29(30)23-16-15-22(17-23)21-42(27-9-3-1-4-10-27)28-11-5-2-6-12-28/h1-20,23H,21H2,(H2,40,41,43). The minimum atomic E-state index is -4.96. The molecule has 0 heterocycles. The third-order valence-corrected chi connectivity index (χ3v) is 9.53. The fourth-order valence-electron chi connectivity index (χ4n) is 4.81. The molecule has 1 atom stereocenters. The van der Waals surface area contributed by atoms with Crippen molar-refractivity contribution in [1.82, 2.24) is 0 Å². The summed E-state index contributed by atoms with van der Waals surface area (Å²) in [5.41, 5.74) is -0.649. The van der Waals surface area contributed by atoms with Crippen molar-refractivity contribution in [1.29, 1.82) is 0 Å². The summed E-state index contributed by atoms with van der Waals surface area (Å²) in [6.45, 7) is 0. The van der Waals surface area contributed by atoms with Gasteiger partial charge in [0.25, 0.3) is 0 Å². The van der Waals surface area contributed by atoms with Gasteiger partial charge in [-0.3, -0.25) is 0 Å². The minimum Gasteiger partial charge on any atom is -0.332 e. The predicted octanol–water partition coefficient (Wildman–Crippen LogP) is 9.25. The lowest BCUT2D eigenvalue weighted by molar-refractivity contribution is -0.143. The van der Waals surface area contributed by atoms with Crippen LogP contribution in [0, 0.1) is 0 Å². The third kappa shape index (κ3) is 7.72. The number of hydrogen-bond acceptors (Lipinski definition) is 1. The van der Waals surface area contributed by atoms with Crippen LogP contribution >= 0.6 is 20.1 Å². The number of alkyl halides is 6. The monoisotopic (exact) mass is 626 g/mol. The van der Waals surface area contributed by atoms with Gasteiger partial charge in [0.2, 0.25) is 0 Å². The average Bonchev–Trinajstić information content (AvgIpc) is 3.44. The minimum absolute atomic E-state index is 0.0782. The molecule has 2 nitrogen and oxygen atoms in total. The quantitative estimate of drug-likeness (QED) is 0.122.